The highest BCUT2D eigenvalue weighted by atomic mass is 32.1. The molecule has 2 rings (SSSR count). The number of anilines is 1. The highest BCUT2D eigenvalue weighted by molar-refractivity contribution is 7.07. The number of aromatic nitrogens is 3. The minimum Gasteiger partial charge on any atom is -0.349 e. The quantitative estimate of drug-likeness (QED) is 0.861. The summed E-state index contributed by atoms with van der Waals surface area (Å²) in [4.78, 5) is 12.8. The van der Waals surface area contributed by atoms with Crippen molar-refractivity contribution in [2.24, 2.45) is 0 Å². The van der Waals surface area contributed by atoms with Gasteiger partial charge in [0.2, 0.25) is 5.95 Å². The molecular formula is C10H12N4S. The molecule has 0 saturated heterocycles. The van der Waals surface area contributed by atoms with E-state index in [1.54, 1.807) is 11.3 Å². The Morgan fingerprint density at radius 1 is 1.27 bits per heavy atom. The van der Waals surface area contributed by atoms with E-state index in [0.717, 1.165) is 17.1 Å². The van der Waals surface area contributed by atoms with Crippen LogP contribution in [0.25, 0.3) is 0 Å². The molecule has 0 amide bonds. The van der Waals surface area contributed by atoms with Crippen LogP contribution in [0.2, 0.25) is 0 Å². The van der Waals surface area contributed by atoms with Crippen molar-refractivity contribution in [3.8, 4) is 0 Å². The van der Waals surface area contributed by atoms with Gasteiger partial charge in [-0.15, -0.1) is 11.3 Å². The first-order valence-electron chi connectivity index (χ1n) is 4.67. The summed E-state index contributed by atoms with van der Waals surface area (Å²) in [6, 6.07) is 1.95. The third kappa shape index (κ3) is 2.73. The number of nitrogens with one attached hydrogen (secondary N) is 1. The first kappa shape index (κ1) is 10.0. The second-order valence-corrected chi connectivity index (χ2v) is 4.03. The summed E-state index contributed by atoms with van der Waals surface area (Å²) in [7, 11) is 0. The normalized spacial score (nSPS) is 10.3. The molecule has 0 aliphatic heterocycles. The zero-order valence-electron chi connectivity index (χ0n) is 8.69. The molecule has 5 heteroatoms. The van der Waals surface area contributed by atoms with E-state index in [2.05, 4.69) is 20.3 Å². The van der Waals surface area contributed by atoms with Gasteiger partial charge in [-0.3, -0.25) is 0 Å². The third-order valence-corrected chi connectivity index (χ3v) is 2.53. The van der Waals surface area contributed by atoms with E-state index < -0.39 is 0 Å². The van der Waals surface area contributed by atoms with Gasteiger partial charge in [0.1, 0.15) is 0 Å². The van der Waals surface area contributed by atoms with Crippen molar-refractivity contribution in [2.75, 3.05) is 5.32 Å². The van der Waals surface area contributed by atoms with Crippen LogP contribution < -0.4 is 5.32 Å². The molecule has 0 atom stereocenters. The van der Waals surface area contributed by atoms with E-state index in [4.69, 9.17) is 0 Å². The molecule has 0 spiro atoms. The van der Waals surface area contributed by atoms with Gasteiger partial charge in [-0.25, -0.2) is 15.0 Å². The van der Waals surface area contributed by atoms with Crippen LogP contribution >= 0.6 is 11.3 Å². The lowest BCUT2D eigenvalue weighted by Gasteiger charge is -2.04. The molecule has 0 fully saturated rings. The van der Waals surface area contributed by atoms with Gasteiger partial charge in [0.15, 0.2) is 0 Å². The Labute approximate surface area is 92.4 Å². The van der Waals surface area contributed by atoms with Gasteiger partial charge in [0.05, 0.1) is 17.7 Å². The van der Waals surface area contributed by atoms with Gasteiger partial charge < -0.3 is 5.32 Å². The Morgan fingerprint density at radius 3 is 2.60 bits per heavy atom. The molecule has 15 heavy (non-hydrogen) atoms. The van der Waals surface area contributed by atoms with E-state index in [1.807, 2.05) is 30.8 Å². The highest BCUT2D eigenvalue weighted by Crippen LogP contribution is 2.06. The average molecular weight is 220 g/mol. The van der Waals surface area contributed by atoms with Gasteiger partial charge in [0, 0.05) is 16.8 Å². The van der Waals surface area contributed by atoms with Gasteiger partial charge in [-0.1, -0.05) is 0 Å². The first-order chi connectivity index (χ1) is 7.24. The summed E-state index contributed by atoms with van der Waals surface area (Å²) in [6.45, 7) is 4.60. The number of hydrogen-bond acceptors (Lipinski definition) is 5. The summed E-state index contributed by atoms with van der Waals surface area (Å²) in [6.07, 6.45) is 0. The van der Waals surface area contributed by atoms with E-state index in [-0.39, 0.29) is 0 Å². The van der Waals surface area contributed by atoms with Crippen molar-refractivity contribution in [1.29, 1.82) is 0 Å². The summed E-state index contributed by atoms with van der Waals surface area (Å²) < 4.78 is 0. The summed E-state index contributed by atoms with van der Waals surface area (Å²) in [5, 5.41) is 5.16. The Morgan fingerprint density at radius 2 is 2.00 bits per heavy atom. The smallest absolute Gasteiger partial charge is 0.223 e. The highest BCUT2D eigenvalue weighted by Gasteiger charge is 1.99. The second-order valence-electron chi connectivity index (χ2n) is 3.31. The number of aryl methyl sites for hydroxylation is 2. The van der Waals surface area contributed by atoms with Gasteiger partial charge in [-0.2, -0.15) is 0 Å². The molecule has 0 unspecified atom stereocenters. The lowest BCUT2D eigenvalue weighted by molar-refractivity contribution is 0.984. The molecule has 0 aliphatic rings. The lowest BCUT2D eigenvalue weighted by Crippen LogP contribution is -2.05. The second kappa shape index (κ2) is 4.35. The van der Waals surface area contributed by atoms with E-state index in [9.17, 15) is 0 Å². The topological polar surface area (TPSA) is 50.7 Å². The molecule has 4 nitrogen and oxygen atoms in total. The molecule has 2 heterocycles. The minimum absolute atomic E-state index is 0.667. The maximum absolute atomic E-state index is 4.29. The molecule has 0 aliphatic carbocycles. The molecule has 2 aromatic rings. The Balaban J connectivity index is 2.05. The van der Waals surface area contributed by atoms with Crippen LogP contribution in [0.15, 0.2) is 17.0 Å². The molecule has 0 saturated carbocycles. The summed E-state index contributed by atoms with van der Waals surface area (Å²) in [5.74, 6) is 0.667. The molecule has 1 N–H and O–H groups in total. The van der Waals surface area contributed by atoms with Crippen LogP contribution in [-0.4, -0.2) is 15.0 Å². The molecule has 2 aromatic heterocycles. The van der Waals surface area contributed by atoms with Crippen molar-refractivity contribution < 1.29 is 0 Å². The van der Waals surface area contributed by atoms with E-state index in [1.165, 1.54) is 0 Å². The van der Waals surface area contributed by atoms with Crippen LogP contribution in [0, 0.1) is 13.8 Å². The van der Waals surface area contributed by atoms with Crippen LogP contribution in [0.1, 0.15) is 17.1 Å². The lowest BCUT2D eigenvalue weighted by atomic mass is 10.3. The average Bonchev–Trinajstić information content (AvgIpc) is 2.65. The van der Waals surface area contributed by atoms with Crippen molar-refractivity contribution in [2.45, 2.75) is 20.4 Å². The number of hydrogen-bond donors (Lipinski definition) is 1. The predicted molar refractivity (Wildman–Crippen MR) is 60.9 cm³/mol. The molecule has 0 aromatic carbocycles. The fourth-order valence-electron chi connectivity index (χ4n) is 1.30. The monoisotopic (exact) mass is 220 g/mol. The van der Waals surface area contributed by atoms with Gasteiger partial charge in [0.25, 0.3) is 0 Å². The fraction of sp³-hybridized carbons (Fsp3) is 0.300. The maximum atomic E-state index is 4.29. The molecule has 0 bridgehead atoms. The molecule has 78 valence electrons. The third-order valence-electron chi connectivity index (χ3n) is 1.89. The largest absolute Gasteiger partial charge is 0.349 e. The first-order valence-corrected chi connectivity index (χ1v) is 5.61. The van der Waals surface area contributed by atoms with E-state index >= 15 is 0 Å². The zero-order chi connectivity index (χ0) is 10.7. The van der Waals surface area contributed by atoms with Gasteiger partial charge >= 0.3 is 0 Å². The van der Waals surface area contributed by atoms with Crippen LogP contribution in [0.4, 0.5) is 5.95 Å². The molecular weight excluding hydrogens is 208 g/mol. The van der Waals surface area contributed by atoms with Crippen molar-refractivity contribution in [3.05, 3.63) is 34.0 Å². The van der Waals surface area contributed by atoms with Crippen LogP contribution in [0.3, 0.4) is 0 Å². The summed E-state index contributed by atoms with van der Waals surface area (Å²) >= 11 is 1.59. The minimum atomic E-state index is 0.667. The number of rotatable bonds is 3. The standard InChI is InChI=1S/C10H12N4S/c1-7-3-8(2)14-10(13-7)11-4-9-5-15-6-12-9/h3,5-6H,4H2,1-2H3,(H,11,13,14). The van der Waals surface area contributed by atoms with Crippen LogP contribution in [0.5, 0.6) is 0 Å². The van der Waals surface area contributed by atoms with Crippen molar-refractivity contribution in [1.82, 2.24) is 15.0 Å². The Hall–Kier alpha value is -1.49. The fourth-order valence-corrected chi connectivity index (χ4v) is 1.86. The Kier molecular flexibility index (Phi) is 2.91. The molecule has 0 radical (unpaired) electrons. The van der Waals surface area contributed by atoms with E-state index in [0.29, 0.717) is 12.5 Å². The predicted octanol–water partition coefficient (Wildman–Crippen LogP) is 2.16. The summed E-state index contributed by atoms with van der Waals surface area (Å²) in [5.41, 5.74) is 4.79. The zero-order valence-corrected chi connectivity index (χ0v) is 9.51. The van der Waals surface area contributed by atoms with Crippen molar-refractivity contribution in [3.63, 3.8) is 0 Å². The number of nitrogens with zero attached hydrogens (tertiary/aromatic N) is 3. The Bertz CT molecular complexity index is 418. The van der Waals surface area contributed by atoms with Gasteiger partial charge in [-0.05, 0) is 19.9 Å². The number of thiazole rings is 1. The van der Waals surface area contributed by atoms with Crippen LogP contribution in [-0.2, 0) is 6.54 Å². The maximum Gasteiger partial charge on any atom is 0.223 e. The SMILES string of the molecule is Cc1cc(C)nc(NCc2cscn2)n1. The van der Waals surface area contributed by atoms with Crippen molar-refractivity contribution >= 4 is 17.3 Å².